The Labute approximate surface area is 80.5 Å². The van der Waals surface area contributed by atoms with Gasteiger partial charge in [-0.15, -0.1) is 0 Å². The second-order valence-corrected chi connectivity index (χ2v) is 4.89. The average molecular weight is 180 g/mol. The average Bonchev–Trinajstić information content (AvgIpc) is 2.26. The molecule has 1 rings (SSSR count). The molecule has 0 saturated heterocycles. The smallest absolute Gasteiger partial charge is 0.0499 e. The fourth-order valence-electron chi connectivity index (χ4n) is 1.51. The van der Waals surface area contributed by atoms with Gasteiger partial charge in [-0.3, -0.25) is 0 Å². The molecule has 1 heterocycles. The van der Waals surface area contributed by atoms with Crippen LogP contribution >= 0.6 is 0 Å². The van der Waals surface area contributed by atoms with Gasteiger partial charge in [-0.1, -0.05) is 20.8 Å². The second-order valence-electron chi connectivity index (χ2n) is 4.89. The van der Waals surface area contributed by atoms with Gasteiger partial charge >= 0.3 is 0 Å². The van der Waals surface area contributed by atoms with Crippen LogP contribution in [0.2, 0.25) is 0 Å². The van der Waals surface area contributed by atoms with Gasteiger partial charge in [0.25, 0.3) is 0 Å². The summed E-state index contributed by atoms with van der Waals surface area (Å²) in [6, 6.07) is 2.22. The number of hydrogen-bond donors (Lipinski definition) is 2. The van der Waals surface area contributed by atoms with Crippen LogP contribution < -0.4 is 5.73 Å². The van der Waals surface area contributed by atoms with E-state index in [0.717, 1.165) is 0 Å². The minimum absolute atomic E-state index is 0.0844. The van der Waals surface area contributed by atoms with E-state index in [1.54, 1.807) is 0 Å². The summed E-state index contributed by atoms with van der Waals surface area (Å²) < 4.78 is 0. The van der Waals surface area contributed by atoms with Crippen LogP contribution in [-0.2, 0) is 0 Å². The third kappa shape index (κ3) is 2.13. The van der Waals surface area contributed by atoms with Crippen molar-refractivity contribution < 1.29 is 0 Å². The van der Waals surface area contributed by atoms with Gasteiger partial charge in [0.2, 0.25) is 0 Å². The number of nitrogens with two attached hydrogens (primary N) is 1. The summed E-state index contributed by atoms with van der Waals surface area (Å²) in [5, 5.41) is 0. The third-order valence-electron chi connectivity index (χ3n) is 2.43. The molecule has 0 amide bonds. The highest BCUT2D eigenvalue weighted by molar-refractivity contribution is 5.27. The van der Waals surface area contributed by atoms with Gasteiger partial charge in [-0.05, 0) is 30.9 Å². The lowest BCUT2D eigenvalue weighted by atomic mass is 9.84. The van der Waals surface area contributed by atoms with Crippen LogP contribution in [-0.4, -0.2) is 4.98 Å². The molecule has 0 aromatic carbocycles. The van der Waals surface area contributed by atoms with Gasteiger partial charge < -0.3 is 10.7 Å². The van der Waals surface area contributed by atoms with Crippen molar-refractivity contribution in [3.05, 3.63) is 23.0 Å². The molecule has 0 aliphatic rings. The van der Waals surface area contributed by atoms with Crippen molar-refractivity contribution in [2.45, 2.75) is 40.7 Å². The Morgan fingerprint density at radius 3 is 2.15 bits per heavy atom. The number of hydrogen-bond acceptors (Lipinski definition) is 1. The molecule has 0 fully saturated rings. The predicted octanol–water partition coefficient (Wildman–Crippen LogP) is 2.68. The summed E-state index contributed by atoms with van der Waals surface area (Å²) >= 11 is 0. The number of H-pyrrole nitrogens is 1. The lowest BCUT2D eigenvalue weighted by molar-refractivity contribution is 0.321. The molecule has 13 heavy (non-hydrogen) atoms. The number of aromatic nitrogens is 1. The second kappa shape index (κ2) is 3.18. The van der Waals surface area contributed by atoms with E-state index in [4.69, 9.17) is 5.73 Å². The molecule has 1 aromatic rings. The third-order valence-corrected chi connectivity index (χ3v) is 2.43. The van der Waals surface area contributed by atoms with Crippen molar-refractivity contribution in [3.63, 3.8) is 0 Å². The molecule has 0 spiro atoms. The van der Waals surface area contributed by atoms with E-state index in [9.17, 15) is 0 Å². The largest absolute Gasteiger partial charge is 0.361 e. The number of nitrogens with one attached hydrogen (secondary N) is 1. The van der Waals surface area contributed by atoms with E-state index >= 15 is 0 Å². The fraction of sp³-hybridized carbons (Fsp3) is 0.636. The fourth-order valence-corrected chi connectivity index (χ4v) is 1.51. The summed E-state index contributed by atoms with van der Waals surface area (Å²) in [5.74, 6) is 0. The summed E-state index contributed by atoms with van der Waals surface area (Å²) in [6.45, 7) is 10.6. The molecule has 2 heteroatoms. The van der Waals surface area contributed by atoms with Crippen molar-refractivity contribution in [1.29, 1.82) is 0 Å². The number of aryl methyl sites for hydroxylation is 2. The standard InChI is InChI=1S/C11H20N2/c1-7-6-8(2)13-9(7)10(12)11(3,4)5/h6,10,13H,12H2,1-5H3/t10-/m0/s1. The normalized spacial score (nSPS) is 14.6. The summed E-state index contributed by atoms with van der Waals surface area (Å²) in [5.41, 5.74) is 9.89. The topological polar surface area (TPSA) is 41.8 Å². The van der Waals surface area contributed by atoms with E-state index in [-0.39, 0.29) is 11.5 Å². The van der Waals surface area contributed by atoms with Crippen LogP contribution in [0.1, 0.15) is 43.8 Å². The van der Waals surface area contributed by atoms with Crippen molar-refractivity contribution in [2.24, 2.45) is 11.1 Å². The lowest BCUT2D eigenvalue weighted by Gasteiger charge is -2.26. The van der Waals surface area contributed by atoms with Gasteiger partial charge in [0.15, 0.2) is 0 Å². The Balaban J connectivity index is 3.01. The quantitative estimate of drug-likeness (QED) is 0.685. The van der Waals surface area contributed by atoms with E-state index in [1.807, 2.05) is 0 Å². The Morgan fingerprint density at radius 2 is 1.85 bits per heavy atom. The monoisotopic (exact) mass is 180 g/mol. The van der Waals surface area contributed by atoms with Gasteiger partial charge in [-0.2, -0.15) is 0 Å². The molecular formula is C11H20N2. The van der Waals surface area contributed by atoms with Crippen LogP contribution in [0.4, 0.5) is 0 Å². The predicted molar refractivity (Wildman–Crippen MR) is 56.7 cm³/mol. The van der Waals surface area contributed by atoms with E-state index in [0.29, 0.717) is 0 Å². The Hall–Kier alpha value is -0.760. The Morgan fingerprint density at radius 1 is 1.31 bits per heavy atom. The highest BCUT2D eigenvalue weighted by atomic mass is 14.8. The minimum atomic E-state index is 0.0844. The maximum Gasteiger partial charge on any atom is 0.0499 e. The van der Waals surface area contributed by atoms with Crippen molar-refractivity contribution in [2.75, 3.05) is 0 Å². The van der Waals surface area contributed by atoms with Gasteiger partial charge in [-0.25, -0.2) is 0 Å². The van der Waals surface area contributed by atoms with Crippen LogP contribution in [0.5, 0.6) is 0 Å². The van der Waals surface area contributed by atoms with Crippen LogP contribution in [0.25, 0.3) is 0 Å². The first-order valence-electron chi connectivity index (χ1n) is 4.74. The molecule has 0 unspecified atom stereocenters. The van der Waals surface area contributed by atoms with Gasteiger partial charge in [0, 0.05) is 17.4 Å². The molecule has 2 nitrogen and oxygen atoms in total. The van der Waals surface area contributed by atoms with Crippen molar-refractivity contribution in [1.82, 2.24) is 4.98 Å². The molecule has 1 aromatic heterocycles. The van der Waals surface area contributed by atoms with Crippen LogP contribution in [0, 0.1) is 19.3 Å². The van der Waals surface area contributed by atoms with Crippen LogP contribution in [0.15, 0.2) is 6.07 Å². The number of rotatable bonds is 1. The Bertz CT molecular complexity index is 292. The zero-order valence-corrected chi connectivity index (χ0v) is 9.23. The molecule has 74 valence electrons. The summed E-state index contributed by atoms with van der Waals surface area (Å²) in [4.78, 5) is 3.33. The molecule has 0 saturated carbocycles. The summed E-state index contributed by atoms with van der Waals surface area (Å²) in [7, 11) is 0. The van der Waals surface area contributed by atoms with E-state index in [2.05, 4.69) is 45.7 Å². The van der Waals surface area contributed by atoms with Crippen molar-refractivity contribution >= 4 is 0 Å². The first kappa shape index (κ1) is 10.3. The van der Waals surface area contributed by atoms with E-state index < -0.39 is 0 Å². The molecule has 0 radical (unpaired) electrons. The number of aromatic amines is 1. The van der Waals surface area contributed by atoms with Gasteiger partial charge in [0.1, 0.15) is 0 Å². The lowest BCUT2D eigenvalue weighted by Crippen LogP contribution is -2.27. The maximum atomic E-state index is 6.15. The molecule has 0 bridgehead atoms. The minimum Gasteiger partial charge on any atom is -0.361 e. The molecule has 0 aliphatic heterocycles. The molecule has 0 aliphatic carbocycles. The van der Waals surface area contributed by atoms with Crippen LogP contribution in [0.3, 0.4) is 0 Å². The SMILES string of the molecule is Cc1cc(C)c([C@H](N)C(C)(C)C)[nH]1. The van der Waals surface area contributed by atoms with Crippen molar-refractivity contribution in [3.8, 4) is 0 Å². The maximum absolute atomic E-state index is 6.15. The summed E-state index contributed by atoms with van der Waals surface area (Å²) in [6.07, 6.45) is 0. The zero-order chi connectivity index (χ0) is 10.2. The highest BCUT2D eigenvalue weighted by Crippen LogP contribution is 2.31. The van der Waals surface area contributed by atoms with Gasteiger partial charge in [0.05, 0.1) is 0 Å². The van der Waals surface area contributed by atoms with E-state index in [1.165, 1.54) is 17.0 Å². The molecule has 1 atom stereocenters. The first-order valence-corrected chi connectivity index (χ1v) is 4.74. The zero-order valence-electron chi connectivity index (χ0n) is 9.23. The molecular weight excluding hydrogens is 160 g/mol. The first-order chi connectivity index (χ1) is 5.82. The Kier molecular flexibility index (Phi) is 2.53. The molecule has 3 N–H and O–H groups in total. The highest BCUT2D eigenvalue weighted by Gasteiger charge is 2.24.